The molecule has 4 aromatic rings. The summed E-state index contributed by atoms with van der Waals surface area (Å²) in [7, 11) is 0. The summed E-state index contributed by atoms with van der Waals surface area (Å²) in [5.41, 5.74) is 2.13. The van der Waals surface area contributed by atoms with Gasteiger partial charge in [0.15, 0.2) is 12.2 Å². The standard InChI is InChI=1S/C34H32O7S/c1-23-17-19-27(20-18-23)42-34-30(40-32(36)26-15-9-4-10-16-26)28(35)29(38-21-24-11-5-2-6-12-24)31(41-34)33(37)39-22-25-13-7-3-8-14-25/h2-20,28-31,34-35H,21-22H2,1H3/t28-,29-,30+,31-,34-/m0/s1. The third kappa shape index (κ3) is 7.66. The third-order valence-electron chi connectivity index (χ3n) is 6.79. The minimum absolute atomic E-state index is 0.0310. The van der Waals surface area contributed by atoms with Crippen molar-refractivity contribution >= 4 is 23.7 Å². The van der Waals surface area contributed by atoms with E-state index in [0.717, 1.165) is 21.6 Å². The molecule has 0 aromatic heterocycles. The van der Waals surface area contributed by atoms with Crippen LogP contribution in [0.5, 0.6) is 0 Å². The fourth-order valence-corrected chi connectivity index (χ4v) is 5.60. The molecule has 1 aliphatic heterocycles. The van der Waals surface area contributed by atoms with Crippen molar-refractivity contribution in [2.45, 2.75) is 54.9 Å². The molecule has 0 radical (unpaired) electrons. The summed E-state index contributed by atoms with van der Waals surface area (Å²) in [6, 6.07) is 34.9. The number of carbonyl (C=O) groups is 2. The van der Waals surface area contributed by atoms with Crippen LogP contribution in [0, 0.1) is 6.92 Å². The van der Waals surface area contributed by atoms with Gasteiger partial charge in [-0.15, -0.1) is 0 Å². The monoisotopic (exact) mass is 584 g/mol. The lowest BCUT2D eigenvalue weighted by Crippen LogP contribution is -2.61. The third-order valence-corrected chi connectivity index (χ3v) is 7.94. The summed E-state index contributed by atoms with van der Waals surface area (Å²) in [4.78, 5) is 27.4. The quantitative estimate of drug-likeness (QED) is 0.237. The zero-order valence-electron chi connectivity index (χ0n) is 23.1. The molecule has 5 atom stereocenters. The Morgan fingerprint density at radius 2 is 1.33 bits per heavy atom. The van der Waals surface area contributed by atoms with Gasteiger partial charge in [0.1, 0.15) is 24.3 Å². The van der Waals surface area contributed by atoms with Gasteiger partial charge >= 0.3 is 11.9 Å². The number of benzene rings is 4. The Kier molecular flexibility index (Phi) is 10.0. The molecule has 0 saturated carbocycles. The van der Waals surface area contributed by atoms with Crippen molar-refractivity contribution in [1.29, 1.82) is 0 Å². The number of hydrogen-bond donors (Lipinski definition) is 1. The van der Waals surface area contributed by atoms with E-state index < -0.39 is 41.8 Å². The van der Waals surface area contributed by atoms with E-state index in [4.69, 9.17) is 18.9 Å². The Labute approximate surface area is 249 Å². The van der Waals surface area contributed by atoms with Gasteiger partial charge < -0.3 is 24.1 Å². The molecule has 1 fully saturated rings. The molecule has 4 aromatic carbocycles. The molecule has 1 N–H and O–H groups in total. The largest absolute Gasteiger partial charge is 0.459 e. The summed E-state index contributed by atoms with van der Waals surface area (Å²) < 4.78 is 23.9. The van der Waals surface area contributed by atoms with Gasteiger partial charge in [-0.25, -0.2) is 9.59 Å². The maximum Gasteiger partial charge on any atom is 0.338 e. The van der Waals surface area contributed by atoms with Crippen LogP contribution in [0.25, 0.3) is 0 Å². The van der Waals surface area contributed by atoms with Crippen LogP contribution < -0.4 is 0 Å². The van der Waals surface area contributed by atoms with E-state index in [1.165, 1.54) is 11.8 Å². The first-order valence-electron chi connectivity index (χ1n) is 13.7. The molecular formula is C34H32O7S. The number of carbonyl (C=O) groups excluding carboxylic acids is 2. The van der Waals surface area contributed by atoms with E-state index in [9.17, 15) is 14.7 Å². The van der Waals surface area contributed by atoms with E-state index in [1.54, 1.807) is 30.3 Å². The summed E-state index contributed by atoms with van der Waals surface area (Å²) in [5.74, 6) is -1.30. The average molecular weight is 585 g/mol. The van der Waals surface area contributed by atoms with Crippen LogP contribution in [0.3, 0.4) is 0 Å². The van der Waals surface area contributed by atoms with Crippen molar-refractivity contribution in [1.82, 2.24) is 0 Å². The second-order valence-corrected chi connectivity index (χ2v) is 11.1. The van der Waals surface area contributed by atoms with E-state index in [-0.39, 0.29) is 13.2 Å². The van der Waals surface area contributed by atoms with Gasteiger partial charge in [0.05, 0.1) is 12.2 Å². The molecule has 0 unspecified atom stereocenters. The first kappa shape index (κ1) is 29.5. The van der Waals surface area contributed by atoms with Crippen LogP contribution in [0.2, 0.25) is 0 Å². The zero-order valence-corrected chi connectivity index (χ0v) is 23.9. The highest BCUT2D eigenvalue weighted by Crippen LogP contribution is 2.37. The fourth-order valence-electron chi connectivity index (χ4n) is 4.52. The number of ether oxygens (including phenoxy) is 4. The van der Waals surface area contributed by atoms with Crippen LogP contribution in [0.1, 0.15) is 27.0 Å². The number of aryl methyl sites for hydroxylation is 1. The lowest BCUT2D eigenvalue weighted by Gasteiger charge is -2.42. The summed E-state index contributed by atoms with van der Waals surface area (Å²) in [5, 5.41) is 11.7. The number of thioether (sulfide) groups is 1. The first-order chi connectivity index (χ1) is 20.5. The minimum Gasteiger partial charge on any atom is -0.459 e. The van der Waals surface area contributed by atoms with E-state index in [1.807, 2.05) is 91.9 Å². The minimum atomic E-state index is -1.40. The van der Waals surface area contributed by atoms with Crippen LogP contribution in [-0.2, 0) is 37.0 Å². The van der Waals surface area contributed by atoms with Crippen LogP contribution >= 0.6 is 11.8 Å². The SMILES string of the molecule is Cc1ccc(S[C@@H]2O[C@H](C(=O)OCc3ccccc3)[C@@H](OCc3ccccc3)[C@H](O)[C@H]2OC(=O)c2ccccc2)cc1. The van der Waals surface area contributed by atoms with Gasteiger partial charge in [0.25, 0.3) is 0 Å². The summed E-state index contributed by atoms with van der Waals surface area (Å²) in [6.45, 7) is 2.11. The molecule has 0 aliphatic carbocycles. The lowest BCUT2D eigenvalue weighted by molar-refractivity contribution is -0.226. The Hall–Kier alpha value is -3.95. The normalized spacial score (nSPS) is 21.8. The first-order valence-corrected chi connectivity index (χ1v) is 14.5. The Bertz CT molecular complexity index is 1430. The second-order valence-electron chi connectivity index (χ2n) is 9.94. The number of rotatable bonds is 10. The molecule has 42 heavy (non-hydrogen) atoms. The lowest BCUT2D eigenvalue weighted by atomic mass is 9.99. The molecule has 216 valence electrons. The number of aliphatic hydroxyl groups excluding tert-OH is 1. The molecule has 8 heteroatoms. The maximum atomic E-state index is 13.5. The van der Waals surface area contributed by atoms with Crippen LogP contribution in [0.4, 0.5) is 0 Å². The van der Waals surface area contributed by atoms with E-state index in [0.29, 0.717) is 5.56 Å². The Balaban J connectivity index is 1.42. The molecule has 0 bridgehead atoms. The molecule has 1 saturated heterocycles. The van der Waals surface area contributed by atoms with Gasteiger partial charge in [0, 0.05) is 4.90 Å². The smallest absolute Gasteiger partial charge is 0.338 e. The Morgan fingerprint density at radius 1 is 0.762 bits per heavy atom. The predicted molar refractivity (Wildman–Crippen MR) is 159 cm³/mol. The highest BCUT2D eigenvalue weighted by molar-refractivity contribution is 7.99. The molecule has 1 heterocycles. The van der Waals surface area contributed by atoms with E-state index in [2.05, 4.69) is 0 Å². The van der Waals surface area contributed by atoms with E-state index >= 15 is 0 Å². The highest BCUT2D eigenvalue weighted by atomic mass is 32.2. The molecule has 0 spiro atoms. The van der Waals surface area contributed by atoms with Crippen molar-refractivity contribution in [3.63, 3.8) is 0 Å². The summed E-state index contributed by atoms with van der Waals surface area (Å²) >= 11 is 1.25. The molecule has 7 nitrogen and oxygen atoms in total. The zero-order chi connectivity index (χ0) is 29.3. The van der Waals surface area contributed by atoms with Gasteiger partial charge in [-0.3, -0.25) is 0 Å². The average Bonchev–Trinajstić information content (AvgIpc) is 3.03. The molecule has 0 amide bonds. The fraction of sp³-hybridized carbons (Fsp3) is 0.235. The highest BCUT2D eigenvalue weighted by Gasteiger charge is 2.51. The number of esters is 2. The van der Waals surface area contributed by atoms with Gasteiger partial charge in [-0.1, -0.05) is 108 Å². The van der Waals surface area contributed by atoms with Gasteiger partial charge in [-0.2, -0.15) is 0 Å². The molecule has 5 rings (SSSR count). The molecule has 1 aliphatic rings. The van der Waals surface area contributed by atoms with Crippen molar-refractivity contribution < 1.29 is 33.6 Å². The topological polar surface area (TPSA) is 91.3 Å². The summed E-state index contributed by atoms with van der Waals surface area (Å²) in [6.07, 6.45) is -4.99. The second kappa shape index (κ2) is 14.3. The van der Waals surface area contributed by atoms with Crippen molar-refractivity contribution in [2.24, 2.45) is 0 Å². The van der Waals surface area contributed by atoms with Gasteiger partial charge in [-0.05, 0) is 42.3 Å². The van der Waals surface area contributed by atoms with Crippen molar-refractivity contribution in [2.75, 3.05) is 0 Å². The van der Waals surface area contributed by atoms with Crippen LogP contribution in [-0.4, -0.2) is 46.9 Å². The van der Waals surface area contributed by atoms with Gasteiger partial charge in [0.2, 0.25) is 0 Å². The Morgan fingerprint density at radius 3 is 1.95 bits per heavy atom. The van der Waals surface area contributed by atoms with Crippen LogP contribution in [0.15, 0.2) is 120 Å². The maximum absolute atomic E-state index is 13.5. The number of aliphatic hydroxyl groups is 1. The molecular weight excluding hydrogens is 552 g/mol. The number of hydrogen-bond acceptors (Lipinski definition) is 8. The van der Waals surface area contributed by atoms with Crippen molar-refractivity contribution in [3.05, 3.63) is 138 Å². The van der Waals surface area contributed by atoms with Crippen molar-refractivity contribution in [3.8, 4) is 0 Å². The predicted octanol–water partition coefficient (Wildman–Crippen LogP) is 5.73.